The molecule has 0 bridgehead atoms. The van der Waals surface area contributed by atoms with E-state index < -0.39 is 0 Å². The Balaban J connectivity index is 1.53. The maximum absolute atomic E-state index is 12.4. The van der Waals surface area contributed by atoms with Crippen molar-refractivity contribution in [3.05, 3.63) is 54.1 Å². The summed E-state index contributed by atoms with van der Waals surface area (Å²) in [5.41, 5.74) is 2.51. The zero-order chi connectivity index (χ0) is 21.0. The summed E-state index contributed by atoms with van der Waals surface area (Å²) in [5.74, 6) is 0.627. The molecular weight excluding hydrogens is 366 g/mol. The standard InChI is InChI=1S/C23H27N3O3/c1-14(2)12-21(27)24-17-8-10-19(11-9-17)25-22(28)16-4-6-18(7-5-16)26-23(29)20-13-15(20)3/h4-11,14-15,20H,12-13H2,1-3H3,(H,24,27)(H,25,28)(H,26,29). The van der Waals surface area contributed by atoms with Crippen LogP contribution in [0, 0.1) is 17.8 Å². The van der Waals surface area contributed by atoms with Crippen molar-refractivity contribution in [1.82, 2.24) is 0 Å². The first-order valence-electron chi connectivity index (χ1n) is 9.94. The zero-order valence-electron chi connectivity index (χ0n) is 17.0. The minimum atomic E-state index is -0.240. The van der Waals surface area contributed by atoms with Gasteiger partial charge in [0, 0.05) is 35.0 Å². The molecule has 0 heterocycles. The summed E-state index contributed by atoms with van der Waals surface area (Å²) in [4.78, 5) is 36.2. The van der Waals surface area contributed by atoms with E-state index in [0.717, 1.165) is 6.42 Å². The number of amides is 3. The van der Waals surface area contributed by atoms with E-state index in [1.54, 1.807) is 48.5 Å². The van der Waals surface area contributed by atoms with Crippen LogP contribution in [0.1, 0.15) is 44.0 Å². The highest BCUT2D eigenvalue weighted by atomic mass is 16.2. The molecule has 2 unspecified atom stereocenters. The maximum Gasteiger partial charge on any atom is 0.255 e. The Labute approximate surface area is 171 Å². The summed E-state index contributed by atoms with van der Waals surface area (Å²) in [6.45, 7) is 6.04. The fraction of sp³-hybridized carbons (Fsp3) is 0.348. The van der Waals surface area contributed by atoms with Crippen LogP contribution in [-0.2, 0) is 9.59 Å². The van der Waals surface area contributed by atoms with E-state index in [1.165, 1.54) is 0 Å². The van der Waals surface area contributed by atoms with Crippen molar-refractivity contribution < 1.29 is 14.4 Å². The van der Waals surface area contributed by atoms with Gasteiger partial charge in [0.15, 0.2) is 0 Å². The number of hydrogen-bond acceptors (Lipinski definition) is 3. The van der Waals surface area contributed by atoms with Gasteiger partial charge in [-0.1, -0.05) is 20.8 Å². The monoisotopic (exact) mass is 393 g/mol. The third-order valence-electron chi connectivity index (χ3n) is 4.88. The van der Waals surface area contributed by atoms with Crippen LogP contribution in [0.2, 0.25) is 0 Å². The van der Waals surface area contributed by atoms with Gasteiger partial charge in [-0.2, -0.15) is 0 Å². The molecule has 0 radical (unpaired) electrons. The van der Waals surface area contributed by atoms with Crippen LogP contribution >= 0.6 is 0 Å². The lowest BCUT2D eigenvalue weighted by atomic mass is 10.1. The van der Waals surface area contributed by atoms with Gasteiger partial charge in [-0.3, -0.25) is 14.4 Å². The molecule has 6 heteroatoms. The van der Waals surface area contributed by atoms with Crippen LogP contribution < -0.4 is 16.0 Å². The molecule has 1 fully saturated rings. The van der Waals surface area contributed by atoms with Gasteiger partial charge in [0.1, 0.15) is 0 Å². The molecule has 0 aliphatic heterocycles. The number of hydrogen-bond donors (Lipinski definition) is 3. The molecule has 1 saturated carbocycles. The number of rotatable bonds is 7. The van der Waals surface area contributed by atoms with E-state index in [0.29, 0.717) is 40.9 Å². The molecule has 1 aliphatic rings. The SMILES string of the molecule is CC(C)CC(=O)Nc1ccc(NC(=O)c2ccc(NC(=O)C3CC3C)cc2)cc1. The molecule has 6 nitrogen and oxygen atoms in total. The van der Waals surface area contributed by atoms with E-state index in [9.17, 15) is 14.4 Å². The highest BCUT2D eigenvalue weighted by Crippen LogP contribution is 2.38. The quantitative estimate of drug-likeness (QED) is 0.646. The Morgan fingerprint density at radius 2 is 1.34 bits per heavy atom. The smallest absolute Gasteiger partial charge is 0.255 e. The fourth-order valence-electron chi connectivity index (χ4n) is 3.05. The molecular formula is C23H27N3O3. The molecule has 0 spiro atoms. The van der Waals surface area contributed by atoms with Crippen LogP contribution in [0.5, 0.6) is 0 Å². The minimum absolute atomic E-state index is 0.0277. The first kappa shape index (κ1) is 20.6. The van der Waals surface area contributed by atoms with Gasteiger partial charge in [-0.15, -0.1) is 0 Å². The van der Waals surface area contributed by atoms with Crippen molar-refractivity contribution in [2.24, 2.45) is 17.8 Å². The van der Waals surface area contributed by atoms with Crippen molar-refractivity contribution in [1.29, 1.82) is 0 Å². The third kappa shape index (κ3) is 5.91. The van der Waals surface area contributed by atoms with Crippen LogP contribution in [0.4, 0.5) is 17.1 Å². The second kappa shape index (κ2) is 8.90. The van der Waals surface area contributed by atoms with Crippen LogP contribution in [0.25, 0.3) is 0 Å². The zero-order valence-corrected chi connectivity index (χ0v) is 17.0. The summed E-state index contributed by atoms with van der Waals surface area (Å²) in [7, 11) is 0. The molecule has 2 aromatic carbocycles. The van der Waals surface area contributed by atoms with Crippen LogP contribution in [-0.4, -0.2) is 17.7 Å². The molecule has 0 aromatic heterocycles. The minimum Gasteiger partial charge on any atom is -0.326 e. The number of carbonyl (C=O) groups excluding carboxylic acids is 3. The summed E-state index contributed by atoms with van der Waals surface area (Å²) < 4.78 is 0. The first-order chi connectivity index (χ1) is 13.8. The molecule has 3 rings (SSSR count). The van der Waals surface area contributed by atoms with Gasteiger partial charge < -0.3 is 16.0 Å². The molecule has 1 aliphatic carbocycles. The lowest BCUT2D eigenvalue weighted by Crippen LogP contribution is -2.15. The number of anilines is 3. The Bertz CT molecular complexity index is 889. The van der Waals surface area contributed by atoms with Crippen molar-refractivity contribution in [3.63, 3.8) is 0 Å². The highest BCUT2D eigenvalue weighted by Gasteiger charge is 2.39. The van der Waals surface area contributed by atoms with E-state index in [2.05, 4.69) is 22.9 Å². The lowest BCUT2D eigenvalue weighted by Gasteiger charge is -2.10. The van der Waals surface area contributed by atoms with Crippen LogP contribution in [0.15, 0.2) is 48.5 Å². The van der Waals surface area contributed by atoms with Gasteiger partial charge >= 0.3 is 0 Å². The Hall–Kier alpha value is -3.15. The van der Waals surface area contributed by atoms with Crippen molar-refractivity contribution in [3.8, 4) is 0 Å². The summed E-state index contributed by atoms with van der Waals surface area (Å²) in [6.07, 6.45) is 1.40. The number of benzene rings is 2. The van der Waals surface area contributed by atoms with Gasteiger partial charge in [0.25, 0.3) is 5.91 Å². The normalized spacial score (nSPS) is 17.5. The average molecular weight is 393 g/mol. The highest BCUT2D eigenvalue weighted by molar-refractivity contribution is 6.05. The van der Waals surface area contributed by atoms with E-state index in [4.69, 9.17) is 0 Å². The second-order valence-corrected chi connectivity index (χ2v) is 8.06. The van der Waals surface area contributed by atoms with E-state index in [1.807, 2.05) is 13.8 Å². The Morgan fingerprint density at radius 3 is 1.86 bits per heavy atom. The van der Waals surface area contributed by atoms with E-state index in [-0.39, 0.29) is 23.6 Å². The molecule has 2 aromatic rings. The molecule has 2 atom stereocenters. The topological polar surface area (TPSA) is 87.3 Å². The lowest BCUT2D eigenvalue weighted by molar-refractivity contribution is -0.118. The second-order valence-electron chi connectivity index (χ2n) is 8.06. The Morgan fingerprint density at radius 1 is 0.862 bits per heavy atom. The molecule has 152 valence electrons. The summed E-state index contributed by atoms with van der Waals surface area (Å²) >= 11 is 0. The van der Waals surface area contributed by atoms with Crippen molar-refractivity contribution in [2.75, 3.05) is 16.0 Å². The predicted octanol–water partition coefficient (Wildman–Crippen LogP) is 4.52. The number of nitrogens with one attached hydrogen (secondary N) is 3. The first-order valence-corrected chi connectivity index (χ1v) is 9.94. The molecule has 3 N–H and O–H groups in total. The van der Waals surface area contributed by atoms with Gasteiger partial charge in [0.2, 0.25) is 11.8 Å². The molecule has 3 amide bonds. The fourth-order valence-corrected chi connectivity index (χ4v) is 3.05. The summed E-state index contributed by atoms with van der Waals surface area (Å²) in [6, 6.07) is 13.8. The van der Waals surface area contributed by atoms with Crippen molar-refractivity contribution in [2.45, 2.75) is 33.6 Å². The number of carbonyl (C=O) groups is 3. The maximum atomic E-state index is 12.4. The predicted molar refractivity (Wildman–Crippen MR) is 115 cm³/mol. The molecule has 29 heavy (non-hydrogen) atoms. The van der Waals surface area contributed by atoms with Gasteiger partial charge in [-0.05, 0) is 66.8 Å². The average Bonchev–Trinajstić information content (AvgIpc) is 3.40. The van der Waals surface area contributed by atoms with Gasteiger partial charge in [0.05, 0.1) is 0 Å². The summed E-state index contributed by atoms with van der Waals surface area (Å²) in [5, 5.41) is 8.54. The molecule has 0 saturated heterocycles. The third-order valence-corrected chi connectivity index (χ3v) is 4.88. The Kier molecular flexibility index (Phi) is 6.32. The van der Waals surface area contributed by atoms with E-state index >= 15 is 0 Å². The van der Waals surface area contributed by atoms with Crippen LogP contribution in [0.3, 0.4) is 0 Å². The van der Waals surface area contributed by atoms with Crippen molar-refractivity contribution >= 4 is 34.8 Å². The largest absolute Gasteiger partial charge is 0.326 e. The van der Waals surface area contributed by atoms with Gasteiger partial charge in [-0.25, -0.2) is 0 Å².